The normalized spacial score (nSPS) is 16.5. The first kappa shape index (κ1) is 20.8. The van der Waals surface area contributed by atoms with Gasteiger partial charge in [-0.1, -0.05) is 24.4 Å². The van der Waals surface area contributed by atoms with Crippen LogP contribution in [0.2, 0.25) is 5.02 Å². The molecule has 1 fully saturated rings. The first-order chi connectivity index (χ1) is 12.7. The summed E-state index contributed by atoms with van der Waals surface area (Å²) in [7, 11) is 1.77. The molecule has 146 valence electrons. The molecule has 1 aliphatic carbocycles. The number of rotatable bonds is 10. The van der Waals surface area contributed by atoms with E-state index in [1.54, 1.807) is 25.4 Å². The Bertz CT molecular complexity index is 545. The lowest BCUT2D eigenvalue weighted by molar-refractivity contribution is 0.141. The van der Waals surface area contributed by atoms with Gasteiger partial charge in [-0.2, -0.15) is 0 Å². The predicted molar refractivity (Wildman–Crippen MR) is 106 cm³/mol. The second-order valence-electron chi connectivity index (χ2n) is 6.73. The van der Waals surface area contributed by atoms with Crippen LogP contribution < -0.4 is 15.4 Å². The SMILES string of the molecule is CCNC(=NCC1(CCOC)CCCC1)NCCOc1ccc(Cl)cn1. The van der Waals surface area contributed by atoms with Crippen molar-refractivity contribution in [2.24, 2.45) is 10.4 Å². The van der Waals surface area contributed by atoms with Crippen LogP contribution in [0, 0.1) is 5.41 Å². The number of halogens is 1. The zero-order valence-electron chi connectivity index (χ0n) is 15.9. The van der Waals surface area contributed by atoms with Gasteiger partial charge in [0.2, 0.25) is 5.88 Å². The molecule has 0 radical (unpaired) electrons. The molecule has 0 amide bonds. The lowest BCUT2D eigenvalue weighted by Gasteiger charge is -2.27. The average molecular weight is 383 g/mol. The average Bonchev–Trinajstić information content (AvgIpc) is 3.12. The number of hydrogen-bond acceptors (Lipinski definition) is 4. The van der Waals surface area contributed by atoms with Gasteiger partial charge in [-0.3, -0.25) is 4.99 Å². The number of aromatic nitrogens is 1. The fourth-order valence-corrected chi connectivity index (χ4v) is 3.40. The van der Waals surface area contributed by atoms with Crippen LogP contribution in [-0.2, 0) is 4.74 Å². The van der Waals surface area contributed by atoms with Gasteiger partial charge in [0.1, 0.15) is 6.61 Å². The van der Waals surface area contributed by atoms with Gasteiger partial charge in [0.15, 0.2) is 5.96 Å². The number of guanidine groups is 1. The minimum absolute atomic E-state index is 0.294. The molecule has 0 unspecified atom stereocenters. The summed E-state index contributed by atoms with van der Waals surface area (Å²) in [5, 5.41) is 7.24. The molecule has 2 N–H and O–H groups in total. The first-order valence-corrected chi connectivity index (χ1v) is 9.81. The second kappa shape index (κ2) is 11.2. The van der Waals surface area contributed by atoms with Gasteiger partial charge in [-0.25, -0.2) is 4.98 Å². The molecule has 2 rings (SSSR count). The van der Waals surface area contributed by atoms with E-state index in [0.717, 1.165) is 32.1 Å². The van der Waals surface area contributed by atoms with Gasteiger partial charge >= 0.3 is 0 Å². The highest BCUT2D eigenvalue weighted by atomic mass is 35.5. The summed E-state index contributed by atoms with van der Waals surface area (Å²) in [6.45, 7) is 5.71. The first-order valence-electron chi connectivity index (χ1n) is 9.43. The van der Waals surface area contributed by atoms with Gasteiger partial charge < -0.3 is 20.1 Å². The maximum absolute atomic E-state index is 5.82. The molecule has 0 saturated heterocycles. The molecule has 1 aromatic heterocycles. The highest BCUT2D eigenvalue weighted by Gasteiger charge is 2.33. The molecule has 0 aromatic carbocycles. The van der Waals surface area contributed by atoms with E-state index in [1.165, 1.54) is 25.7 Å². The minimum Gasteiger partial charge on any atom is -0.476 e. The van der Waals surface area contributed by atoms with E-state index in [0.29, 0.717) is 29.5 Å². The van der Waals surface area contributed by atoms with E-state index in [-0.39, 0.29) is 0 Å². The second-order valence-corrected chi connectivity index (χ2v) is 7.17. The van der Waals surface area contributed by atoms with E-state index in [4.69, 9.17) is 26.1 Å². The molecular formula is C19H31ClN4O2. The van der Waals surface area contributed by atoms with Crippen molar-refractivity contribution in [3.63, 3.8) is 0 Å². The van der Waals surface area contributed by atoms with Crippen molar-refractivity contribution in [2.45, 2.75) is 39.0 Å². The topological polar surface area (TPSA) is 67.8 Å². The van der Waals surface area contributed by atoms with Crippen molar-refractivity contribution in [3.8, 4) is 5.88 Å². The van der Waals surface area contributed by atoms with Gasteiger partial charge in [-0.05, 0) is 37.7 Å². The van der Waals surface area contributed by atoms with Crippen molar-refractivity contribution in [3.05, 3.63) is 23.4 Å². The Kier molecular flexibility index (Phi) is 8.98. The zero-order valence-corrected chi connectivity index (χ0v) is 16.6. The molecule has 26 heavy (non-hydrogen) atoms. The number of ether oxygens (including phenoxy) is 2. The number of aliphatic imine (C=N–C) groups is 1. The molecule has 1 aromatic rings. The lowest BCUT2D eigenvalue weighted by Crippen LogP contribution is -2.40. The van der Waals surface area contributed by atoms with Crippen molar-refractivity contribution >= 4 is 17.6 Å². The van der Waals surface area contributed by atoms with Crippen LogP contribution in [0.15, 0.2) is 23.3 Å². The number of nitrogens with zero attached hydrogens (tertiary/aromatic N) is 2. The van der Waals surface area contributed by atoms with Crippen molar-refractivity contribution < 1.29 is 9.47 Å². The van der Waals surface area contributed by atoms with E-state index < -0.39 is 0 Å². The van der Waals surface area contributed by atoms with E-state index >= 15 is 0 Å². The molecule has 1 aliphatic rings. The van der Waals surface area contributed by atoms with Gasteiger partial charge in [-0.15, -0.1) is 0 Å². The van der Waals surface area contributed by atoms with Crippen LogP contribution in [0.5, 0.6) is 5.88 Å². The van der Waals surface area contributed by atoms with E-state index in [9.17, 15) is 0 Å². The van der Waals surface area contributed by atoms with Crippen LogP contribution in [0.1, 0.15) is 39.0 Å². The van der Waals surface area contributed by atoms with Crippen LogP contribution in [0.25, 0.3) is 0 Å². The summed E-state index contributed by atoms with van der Waals surface area (Å²) in [6.07, 6.45) is 7.74. The lowest BCUT2D eigenvalue weighted by atomic mass is 9.83. The molecule has 1 saturated carbocycles. The fraction of sp³-hybridized carbons (Fsp3) is 0.684. The molecule has 0 bridgehead atoms. The molecule has 1 heterocycles. The molecule has 0 spiro atoms. The summed E-state index contributed by atoms with van der Waals surface area (Å²) < 4.78 is 10.9. The van der Waals surface area contributed by atoms with Crippen molar-refractivity contribution in [1.82, 2.24) is 15.6 Å². The molecule has 0 aliphatic heterocycles. The highest BCUT2D eigenvalue weighted by molar-refractivity contribution is 6.30. The Morgan fingerprint density at radius 3 is 2.73 bits per heavy atom. The van der Waals surface area contributed by atoms with E-state index in [1.807, 2.05) is 0 Å². The highest BCUT2D eigenvalue weighted by Crippen LogP contribution is 2.41. The predicted octanol–water partition coefficient (Wildman–Crippen LogP) is 3.27. The zero-order chi connectivity index (χ0) is 18.7. The Balaban J connectivity index is 1.80. The summed E-state index contributed by atoms with van der Waals surface area (Å²) in [6, 6.07) is 3.53. The molecule has 7 heteroatoms. The smallest absolute Gasteiger partial charge is 0.213 e. The van der Waals surface area contributed by atoms with E-state index in [2.05, 4.69) is 22.5 Å². The third kappa shape index (κ3) is 7.00. The number of pyridine rings is 1. The third-order valence-corrected chi connectivity index (χ3v) is 4.99. The Hall–Kier alpha value is -1.53. The molecular weight excluding hydrogens is 352 g/mol. The van der Waals surface area contributed by atoms with Gasteiger partial charge in [0.05, 0.1) is 11.6 Å². The number of hydrogen-bond donors (Lipinski definition) is 2. The van der Waals surface area contributed by atoms with Crippen LogP contribution in [0.3, 0.4) is 0 Å². The van der Waals surface area contributed by atoms with Gasteiger partial charge in [0, 0.05) is 39.1 Å². The standard InChI is InChI=1S/C19H31ClN4O2/c1-3-21-18(22-11-13-26-17-7-6-16(20)14-23-17)24-15-19(10-12-25-2)8-4-5-9-19/h6-7,14H,3-5,8-13,15H2,1-2H3,(H2,21,22,24). The fourth-order valence-electron chi connectivity index (χ4n) is 3.29. The Labute approximate surface area is 161 Å². The summed E-state index contributed by atoms with van der Waals surface area (Å²) in [5.74, 6) is 1.41. The maximum Gasteiger partial charge on any atom is 0.213 e. The Morgan fingerprint density at radius 2 is 2.08 bits per heavy atom. The van der Waals surface area contributed by atoms with Crippen LogP contribution >= 0.6 is 11.6 Å². The summed E-state index contributed by atoms with van der Waals surface area (Å²) in [4.78, 5) is 8.94. The molecule has 0 atom stereocenters. The number of nitrogens with one attached hydrogen (secondary N) is 2. The minimum atomic E-state index is 0.294. The quantitative estimate of drug-likeness (QED) is 0.369. The van der Waals surface area contributed by atoms with Crippen molar-refractivity contribution in [1.29, 1.82) is 0 Å². The molecule has 6 nitrogen and oxygen atoms in total. The van der Waals surface area contributed by atoms with Crippen molar-refractivity contribution in [2.75, 3.05) is 40.0 Å². The summed E-state index contributed by atoms with van der Waals surface area (Å²) in [5.41, 5.74) is 0.294. The van der Waals surface area contributed by atoms with Gasteiger partial charge in [0.25, 0.3) is 0 Å². The number of methoxy groups -OCH3 is 1. The maximum atomic E-state index is 5.82. The summed E-state index contributed by atoms with van der Waals surface area (Å²) >= 11 is 5.82. The van der Waals surface area contributed by atoms with Crippen LogP contribution in [-0.4, -0.2) is 50.9 Å². The largest absolute Gasteiger partial charge is 0.476 e. The third-order valence-electron chi connectivity index (χ3n) is 4.76. The van der Waals surface area contributed by atoms with Crippen LogP contribution in [0.4, 0.5) is 0 Å². The Morgan fingerprint density at radius 1 is 1.27 bits per heavy atom. The monoisotopic (exact) mass is 382 g/mol.